The molecule has 2 amide bonds. The molecule has 15 rings (SSSR count). The predicted octanol–water partition coefficient (Wildman–Crippen LogP) is 5.75. The summed E-state index contributed by atoms with van der Waals surface area (Å²) in [4.78, 5) is 58.3. The minimum atomic E-state index is -1.52. The van der Waals surface area contributed by atoms with Gasteiger partial charge in [-0.1, -0.05) is 36.4 Å². The molecule has 538 valence electrons. The van der Waals surface area contributed by atoms with Gasteiger partial charge in [0.1, 0.15) is 12.1 Å². The lowest BCUT2D eigenvalue weighted by atomic mass is 9.79. The molecule has 10 N–H and O–H groups in total. The zero-order valence-corrected chi connectivity index (χ0v) is 64.2. The summed E-state index contributed by atoms with van der Waals surface area (Å²) in [5.41, 5.74) is 17.0. The van der Waals surface area contributed by atoms with E-state index in [0.29, 0.717) is 57.4 Å². The molecule has 6 aromatic heterocycles. The van der Waals surface area contributed by atoms with Crippen LogP contribution in [0.3, 0.4) is 0 Å². The molecule has 0 unspecified atom stereocenters. The van der Waals surface area contributed by atoms with Crippen LogP contribution in [0, 0.1) is 29.6 Å². The fourth-order valence-corrected chi connectivity index (χ4v) is 15.3. The maximum Gasteiger partial charge on any atom is 0.494 e. The van der Waals surface area contributed by atoms with Crippen molar-refractivity contribution >= 4 is 223 Å². The number of primary amides is 2. The summed E-state index contributed by atoms with van der Waals surface area (Å²) < 4.78 is 46.1. The predicted molar refractivity (Wildman–Crippen MR) is 417 cm³/mol. The summed E-state index contributed by atoms with van der Waals surface area (Å²) in [5.74, 6) is -1.58. The Morgan fingerprint density at radius 2 is 0.657 bits per heavy atom. The Kier molecular flexibility index (Phi) is 23.8. The van der Waals surface area contributed by atoms with Crippen LogP contribution in [0.5, 0.6) is 0 Å². The molecule has 26 nitrogen and oxygen atoms in total. The number of methoxy groups -OCH3 is 1. The number of thiazole rings is 6. The topological polar surface area (TPSA) is 414 Å². The van der Waals surface area contributed by atoms with E-state index in [4.69, 9.17) is 80.1 Å². The quantitative estimate of drug-likeness (QED) is 0.0629. The lowest BCUT2D eigenvalue weighted by molar-refractivity contribution is 0.00578. The van der Waals surface area contributed by atoms with Gasteiger partial charge in [-0.25, -0.2) is 34.7 Å². The summed E-state index contributed by atoms with van der Waals surface area (Å²) in [6, 6.07) is 36.2. The van der Waals surface area contributed by atoms with Crippen molar-refractivity contribution in [2.24, 2.45) is 11.5 Å². The second kappa shape index (κ2) is 31.4. The number of carbonyl (C=O) groups is 3. The molecule has 3 aliphatic heterocycles. The van der Waals surface area contributed by atoms with Crippen molar-refractivity contribution in [1.82, 2.24) is 29.9 Å². The van der Waals surface area contributed by atoms with E-state index in [1.54, 1.807) is 59.9 Å². The Morgan fingerprint density at radius 1 is 0.400 bits per heavy atom. The van der Waals surface area contributed by atoms with Crippen LogP contribution in [-0.4, -0.2) is 161 Å². The van der Waals surface area contributed by atoms with Gasteiger partial charge in [0.05, 0.1) is 107 Å². The van der Waals surface area contributed by atoms with Crippen LogP contribution in [0.15, 0.2) is 109 Å². The van der Waals surface area contributed by atoms with E-state index in [1.807, 2.05) is 117 Å². The standard InChI is InChI=1S/C14H17BN2O3S.C14H15BN2O2S.C14H18BNO2S.C9H8BNO4S.C8H7BN2O3S.C8H5BN2O2S/c1-13(2)14(3,4)20-15(19-13)8-5-6-9-10(7-8)21-12(17-9)11(16)18;1-13(2)14(3,4)19-15(18-13)9-5-6-10-11(7-9)20-12(8-16)17-10;1-9-16-11-7-6-10(8-12(11)19-9)15-17-13(2,3)14(4,5)18-15;1-15-9(12)8-11-6-3-2-5(10(13)14)4-7(6)16-8;10-7(12)8-11-5-2-1-4(9(13)14)3-6(5)15-8;10-4-8-11-6-2-1-5(9(12)13)3-7(6)14-8/h5-7H,1-4H3,(H2,16,18);5-7H,1-4H3;6-8H,1-5H3;2-4,13-14H,1H3;1-3,13-14H,(H2,10,12);1-3,12-13H. The van der Waals surface area contributed by atoms with Crippen LogP contribution < -0.4 is 44.2 Å². The minimum absolute atomic E-state index is 0.217. The van der Waals surface area contributed by atoms with Gasteiger partial charge in [-0.2, -0.15) is 10.5 Å². The number of nitrogens with two attached hydrogens (primary N) is 2. The number of aryl methyl sites for hydroxylation is 1. The number of esters is 1. The molecule has 0 saturated carbocycles. The third-order valence-electron chi connectivity index (χ3n) is 18.0. The normalized spacial score (nSPS) is 16.2. The molecule has 0 aliphatic carbocycles. The molecule has 105 heavy (non-hydrogen) atoms. The summed E-state index contributed by atoms with van der Waals surface area (Å²) >= 11 is 7.89. The SMILES string of the molecule is CC1(C)OB(c2ccc3nc(C#N)sc3c2)OC1(C)C.CC1(C)OB(c2ccc3nc(C(N)=O)sc3c2)OC1(C)C.COC(=O)c1nc2ccc(B(O)O)cc2s1.Cc1nc2ccc(B3OC(C)(C)C(C)(C)O3)cc2s1.N#Cc1nc2ccc(B(O)O)cc2s1.NC(=O)c1nc2ccc(B(O)O)cc2s1. The van der Waals surface area contributed by atoms with Gasteiger partial charge in [-0.3, -0.25) is 9.59 Å². The zero-order chi connectivity index (χ0) is 76.6. The van der Waals surface area contributed by atoms with Crippen LogP contribution in [0.1, 0.15) is 128 Å². The lowest BCUT2D eigenvalue weighted by Crippen LogP contribution is -2.41. The van der Waals surface area contributed by atoms with Crippen molar-refractivity contribution in [2.75, 3.05) is 7.11 Å². The summed E-state index contributed by atoms with van der Waals surface area (Å²) in [7, 11) is -4.32. The van der Waals surface area contributed by atoms with Gasteiger partial charge in [0.15, 0.2) is 20.0 Å². The molecule has 9 heterocycles. The largest absolute Gasteiger partial charge is 0.494 e. The van der Waals surface area contributed by atoms with Crippen LogP contribution in [0.25, 0.3) is 61.3 Å². The molecule has 3 saturated heterocycles. The number of hydrogen-bond donors (Lipinski definition) is 8. The average molecular weight is 1530 g/mol. The molecule has 0 bridgehead atoms. The zero-order valence-electron chi connectivity index (χ0n) is 59.3. The van der Waals surface area contributed by atoms with Crippen LogP contribution >= 0.6 is 68.0 Å². The number of carbonyl (C=O) groups excluding carboxylic acids is 3. The molecule has 38 heteroatoms. The van der Waals surface area contributed by atoms with Crippen molar-refractivity contribution in [3.8, 4) is 12.1 Å². The van der Waals surface area contributed by atoms with Gasteiger partial charge < -0.3 is 74.3 Å². The number of rotatable bonds is 9. The Hall–Kier alpha value is -8.04. The van der Waals surface area contributed by atoms with E-state index in [0.717, 1.165) is 74.7 Å². The first-order valence-electron chi connectivity index (χ1n) is 32.2. The van der Waals surface area contributed by atoms with Crippen molar-refractivity contribution in [3.05, 3.63) is 139 Å². The maximum atomic E-state index is 11.2. The van der Waals surface area contributed by atoms with E-state index < -0.39 is 46.3 Å². The first-order chi connectivity index (χ1) is 49.2. The molecule has 12 aromatic rings. The first-order valence-corrected chi connectivity index (χ1v) is 37.1. The lowest BCUT2D eigenvalue weighted by Gasteiger charge is -2.32. The highest BCUT2D eigenvalue weighted by Crippen LogP contribution is 2.40. The van der Waals surface area contributed by atoms with Crippen LogP contribution in [-0.2, 0) is 32.7 Å². The number of ether oxygens (including phenoxy) is 1. The minimum Gasteiger partial charge on any atom is -0.464 e. The fraction of sp³-hybridized carbons (Fsp3) is 0.299. The molecule has 0 spiro atoms. The summed E-state index contributed by atoms with van der Waals surface area (Å²) in [6.07, 6.45) is 0. The number of hydrogen-bond acceptors (Lipinski definition) is 30. The highest BCUT2D eigenvalue weighted by molar-refractivity contribution is 7.21. The molecule has 6 aromatic carbocycles. The number of benzene rings is 6. The number of aromatic nitrogens is 6. The Balaban J connectivity index is 0.000000136. The fourth-order valence-electron chi connectivity index (χ4n) is 10.1. The van der Waals surface area contributed by atoms with E-state index >= 15 is 0 Å². The van der Waals surface area contributed by atoms with Crippen molar-refractivity contribution in [2.45, 2.75) is 124 Å². The van der Waals surface area contributed by atoms with Crippen molar-refractivity contribution in [1.29, 1.82) is 10.5 Å². The average Bonchev–Trinajstić information content (AvgIpc) is 1.63. The van der Waals surface area contributed by atoms with Gasteiger partial charge in [0, 0.05) is 0 Å². The van der Waals surface area contributed by atoms with Crippen molar-refractivity contribution < 1.29 is 77.2 Å². The van der Waals surface area contributed by atoms with Gasteiger partial charge in [-0.15, -0.1) is 68.0 Å². The number of fused-ring (bicyclic) bond motifs is 6. The number of amides is 2. The second-order valence-corrected chi connectivity index (χ2v) is 33.4. The highest BCUT2D eigenvalue weighted by atomic mass is 32.1. The molecular formula is C67H70B6N10O16S6. The van der Waals surface area contributed by atoms with E-state index in [1.165, 1.54) is 51.9 Å². The molecule has 3 aliphatic rings. The van der Waals surface area contributed by atoms with Crippen molar-refractivity contribution in [3.63, 3.8) is 0 Å². The number of nitrogens with zero attached hydrogens (tertiary/aromatic N) is 8. The Morgan fingerprint density at radius 3 is 0.962 bits per heavy atom. The highest BCUT2D eigenvalue weighted by Gasteiger charge is 2.54. The van der Waals surface area contributed by atoms with Crippen LogP contribution in [0.2, 0.25) is 0 Å². The maximum absolute atomic E-state index is 11.2. The van der Waals surface area contributed by atoms with E-state index in [9.17, 15) is 14.4 Å². The third-order valence-corrected chi connectivity index (χ3v) is 23.9. The molecule has 0 atom stereocenters. The first kappa shape index (κ1) is 79.5. The van der Waals surface area contributed by atoms with Gasteiger partial charge >= 0.3 is 48.7 Å². The van der Waals surface area contributed by atoms with E-state index in [2.05, 4.69) is 74.5 Å². The van der Waals surface area contributed by atoms with Gasteiger partial charge in [0.2, 0.25) is 5.01 Å². The summed E-state index contributed by atoms with van der Waals surface area (Å²) in [6.45, 7) is 26.5. The Labute approximate surface area is 629 Å². The third kappa shape index (κ3) is 18.0. The molecular weight excluding hydrogens is 1460 g/mol. The second-order valence-electron chi connectivity index (χ2n) is 27.0. The smallest absolute Gasteiger partial charge is 0.464 e. The van der Waals surface area contributed by atoms with Gasteiger partial charge in [0.25, 0.3) is 11.8 Å². The molecule has 0 radical (unpaired) electrons. The van der Waals surface area contributed by atoms with Gasteiger partial charge in [-0.05, 0) is 196 Å². The molecule has 3 fully saturated rings. The number of nitriles is 2. The van der Waals surface area contributed by atoms with E-state index in [-0.39, 0.29) is 57.9 Å². The Bertz CT molecular complexity index is 5290. The monoisotopic (exact) mass is 1530 g/mol. The van der Waals surface area contributed by atoms with Crippen LogP contribution in [0.4, 0.5) is 0 Å². The summed E-state index contributed by atoms with van der Waals surface area (Å²) in [5, 5.41) is 74.0.